The molecule has 2 nitrogen and oxygen atoms in total. The van der Waals surface area contributed by atoms with Gasteiger partial charge in [-0.15, -0.1) is 0 Å². The van der Waals surface area contributed by atoms with Crippen molar-refractivity contribution in [1.29, 1.82) is 0 Å². The van der Waals surface area contributed by atoms with Crippen LogP contribution in [0.2, 0.25) is 0 Å². The van der Waals surface area contributed by atoms with Gasteiger partial charge in [0, 0.05) is 12.8 Å². The predicted molar refractivity (Wildman–Crippen MR) is 90.2 cm³/mol. The van der Waals surface area contributed by atoms with E-state index in [0.29, 0.717) is 31.1 Å². The zero-order valence-corrected chi connectivity index (χ0v) is 13.9. The van der Waals surface area contributed by atoms with E-state index in [-0.39, 0.29) is 5.41 Å². The largest absolute Gasteiger partial charge is 0.330 e. The summed E-state index contributed by atoms with van der Waals surface area (Å²) in [6, 6.07) is 10.4. The summed E-state index contributed by atoms with van der Waals surface area (Å²) >= 11 is 0. The smallest absolute Gasteiger partial charge is 0.132 e. The summed E-state index contributed by atoms with van der Waals surface area (Å²) < 4.78 is 0. The Hall–Kier alpha value is -1.15. The zero-order chi connectivity index (χ0) is 15.7. The fourth-order valence-electron chi connectivity index (χ4n) is 2.81. The van der Waals surface area contributed by atoms with Crippen molar-refractivity contribution in [2.45, 2.75) is 59.3 Å². The molecule has 1 aromatic carbocycles. The first kappa shape index (κ1) is 17.9. The summed E-state index contributed by atoms with van der Waals surface area (Å²) in [6.07, 6.45) is 5.36. The van der Waals surface area contributed by atoms with Gasteiger partial charge in [0.1, 0.15) is 5.78 Å². The van der Waals surface area contributed by atoms with Crippen LogP contribution in [0.1, 0.15) is 58.4 Å². The van der Waals surface area contributed by atoms with Crippen LogP contribution in [0.5, 0.6) is 0 Å². The van der Waals surface area contributed by atoms with E-state index < -0.39 is 0 Å². The molecule has 0 bridgehead atoms. The Morgan fingerprint density at radius 1 is 1.10 bits per heavy atom. The van der Waals surface area contributed by atoms with Crippen LogP contribution in [-0.2, 0) is 11.2 Å². The number of nitrogens with two attached hydrogens (primary N) is 1. The number of ketones is 1. The Kier molecular flexibility index (Phi) is 7.66. The summed E-state index contributed by atoms with van der Waals surface area (Å²) in [5.41, 5.74) is 7.25. The first-order chi connectivity index (χ1) is 9.93. The number of hydrogen-bond acceptors (Lipinski definition) is 2. The zero-order valence-electron chi connectivity index (χ0n) is 13.9. The van der Waals surface area contributed by atoms with Gasteiger partial charge in [-0.05, 0) is 49.1 Å². The van der Waals surface area contributed by atoms with Gasteiger partial charge in [0.25, 0.3) is 0 Å². The van der Waals surface area contributed by atoms with Crippen molar-refractivity contribution in [3.63, 3.8) is 0 Å². The molecule has 2 N–H and O–H groups in total. The SMILES string of the molecule is CC(C)(C)C(CCN)CCC(=O)CCCc1ccccc1. The Morgan fingerprint density at radius 2 is 1.76 bits per heavy atom. The van der Waals surface area contributed by atoms with Crippen LogP contribution in [0.25, 0.3) is 0 Å². The third kappa shape index (κ3) is 7.42. The highest BCUT2D eigenvalue weighted by atomic mass is 16.1. The highest BCUT2D eigenvalue weighted by molar-refractivity contribution is 5.78. The molecular formula is C19H31NO. The lowest BCUT2D eigenvalue weighted by Crippen LogP contribution is -2.24. The summed E-state index contributed by atoms with van der Waals surface area (Å²) in [5, 5.41) is 0. The molecule has 0 aliphatic carbocycles. The molecule has 0 aliphatic rings. The molecule has 1 aromatic rings. The fourth-order valence-corrected chi connectivity index (χ4v) is 2.81. The number of carbonyl (C=O) groups excluding carboxylic acids is 1. The van der Waals surface area contributed by atoms with Crippen LogP contribution in [0.15, 0.2) is 30.3 Å². The molecule has 2 heteroatoms. The fraction of sp³-hybridized carbons (Fsp3) is 0.632. The number of carbonyl (C=O) groups is 1. The Morgan fingerprint density at radius 3 is 2.33 bits per heavy atom. The molecule has 0 aromatic heterocycles. The van der Waals surface area contributed by atoms with Crippen molar-refractivity contribution in [2.75, 3.05) is 6.54 Å². The van der Waals surface area contributed by atoms with Crippen molar-refractivity contribution in [2.24, 2.45) is 17.1 Å². The molecular weight excluding hydrogens is 258 g/mol. The van der Waals surface area contributed by atoms with Crippen molar-refractivity contribution in [3.8, 4) is 0 Å². The molecule has 0 heterocycles. The molecule has 0 fully saturated rings. The van der Waals surface area contributed by atoms with Gasteiger partial charge in [0.05, 0.1) is 0 Å². The van der Waals surface area contributed by atoms with E-state index in [1.165, 1.54) is 5.56 Å². The molecule has 0 amide bonds. The molecule has 1 unspecified atom stereocenters. The quantitative estimate of drug-likeness (QED) is 0.733. The minimum atomic E-state index is 0.240. The molecule has 118 valence electrons. The molecule has 1 rings (SSSR count). The second-order valence-electron chi connectivity index (χ2n) is 7.06. The lowest BCUT2D eigenvalue weighted by Gasteiger charge is -2.30. The number of benzene rings is 1. The standard InChI is InChI=1S/C19H31NO/c1-19(2,3)17(14-15-20)12-13-18(21)11-7-10-16-8-5-4-6-9-16/h4-6,8-9,17H,7,10-15,20H2,1-3H3. The van der Waals surface area contributed by atoms with Crippen LogP contribution in [0, 0.1) is 11.3 Å². The lowest BCUT2D eigenvalue weighted by atomic mass is 9.76. The average molecular weight is 289 g/mol. The van der Waals surface area contributed by atoms with Gasteiger partial charge in [-0.25, -0.2) is 0 Å². The molecule has 21 heavy (non-hydrogen) atoms. The van der Waals surface area contributed by atoms with E-state index in [1.807, 2.05) is 6.07 Å². The number of aryl methyl sites for hydroxylation is 1. The van der Waals surface area contributed by atoms with Gasteiger partial charge < -0.3 is 5.73 Å². The molecule has 0 saturated heterocycles. The Labute approximate surface area is 130 Å². The van der Waals surface area contributed by atoms with Crippen molar-refractivity contribution >= 4 is 5.78 Å². The number of Topliss-reactive ketones (excluding diaryl/α,β-unsaturated/α-hetero) is 1. The molecule has 0 saturated carbocycles. The topological polar surface area (TPSA) is 43.1 Å². The minimum absolute atomic E-state index is 0.240. The second kappa shape index (κ2) is 8.99. The van der Waals surface area contributed by atoms with Crippen molar-refractivity contribution < 1.29 is 4.79 Å². The van der Waals surface area contributed by atoms with E-state index in [9.17, 15) is 4.79 Å². The van der Waals surface area contributed by atoms with Crippen LogP contribution < -0.4 is 5.73 Å². The normalized spacial score (nSPS) is 13.1. The van der Waals surface area contributed by atoms with Gasteiger partial charge in [0.15, 0.2) is 0 Å². The predicted octanol–water partition coefficient (Wildman–Crippen LogP) is 4.37. The van der Waals surface area contributed by atoms with Crippen LogP contribution >= 0.6 is 0 Å². The molecule has 0 spiro atoms. The van der Waals surface area contributed by atoms with Gasteiger partial charge >= 0.3 is 0 Å². The molecule has 0 aliphatic heterocycles. The van der Waals surface area contributed by atoms with Crippen molar-refractivity contribution in [3.05, 3.63) is 35.9 Å². The third-order valence-corrected chi connectivity index (χ3v) is 4.28. The first-order valence-electron chi connectivity index (χ1n) is 8.19. The van der Waals surface area contributed by atoms with Gasteiger partial charge in [-0.2, -0.15) is 0 Å². The maximum Gasteiger partial charge on any atom is 0.132 e. The maximum atomic E-state index is 12.0. The maximum absolute atomic E-state index is 12.0. The summed E-state index contributed by atoms with van der Waals surface area (Å²) in [5.74, 6) is 0.942. The third-order valence-electron chi connectivity index (χ3n) is 4.28. The van der Waals surface area contributed by atoms with Crippen LogP contribution in [0.4, 0.5) is 0 Å². The van der Waals surface area contributed by atoms with E-state index in [2.05, 4.69) is 45.0 Å². The summed E-state index contributed by atoms with van der Waals surface area (Å²) in [4.78, 5) is 12.0. The minimum Gasteiger partial charge on any atom is -0.330 e. The Bertz CT molecular complexity index is 405. The van der Waals surface area contributed by atoms with Crippen molar-refractivity contribution in [1.82, 2.24) is 0 Å². The highest BCUT2D eigenvalue weighted by Crippen LogP contribution is 2.32. The monoisotopic (exact) mass is 289 g/mol. The highest BCUT2D eigenvalue weighted by Gasteiger charge is 2.24. The van der Waals surface area contributed by atoms with E-state index in [1.54, 1.807) is 0 Å². The second-order valence-corrected chi connectivity index (χ2v) is 7.06. The average Bonchev–Trinajstić information content (AvgIpc) is 2.43. The molecule has 0 radical (unpaired) electrons. The van der Waals surface area contributed by atoms with Crippen LogP contribution in [0.3, 0.4) is 0 Å². The van der Waals surface area contributed by atoms with Gasteiger partial charge in [-0.1, -0.05) is 51.1 Å². The number of hydrogen-bond donors (Lipinski definition) is 1. The lowest BCUT2D eigenvalue weighted by molar-refractivity contribution is -0.119. The number of rotatable bonds is 9. The van der Waals surface area contributed by atoms with E-state index >= 15 is 0 Å². The van der Waals surface area contributed by atoms with E-state index in [4.69, 9.17) is 5.73 Å². The van der Waals surface area contributed by atoms with Gasteiger partial charge in [0.2, 0.25) is 0 Å². The van der Waals surface area contributed by atoms with Crippen LogP contribution in [-0.4, -0.2) is 12.3 Å². The summed E-state index contributed by atoms with van der Waals surface area (Å²) in [7, 11) is 0. The Balaban J connectivity index is 2.27. The van der Waals surface area contributed by atoms with Gasteiger partial charge in [-0.3, -0.25) is 4.79 Å². The first-order valence-corrected chi connectivity index (χ1v) is 8.19. The summed E-state index contributed by atoms with van der Waals surface area (Å²) in [6.45, 7) is 7.44. The molecule has 1 atom stereocenters. The van der Waals surface area contributed by atoms with E-state index in [0.717, 1.165) is 25.7 Å².